The zero-order valence-electron chi connectivity index (χ0n) is 10.8. The van der Waals surface area contributed by atoms with Gasteiger partial charge in [-0.15, -0.1) is 0 Å². The number of methoxy groups -OCH3 is 1. The SMILES string of the molecule is COCCOCCC(=O)N1CCC[C@H](C(=O)O)C1. The first-order chi connectivity index (χ1) is 8.65. The van der Waals surface area contributed by atoms with Crippen molar-refractivity contribution in [2.75, 3.05) is 40.0 Å². The van der Waals surface area contributed by atoms with Crippen molar-refractivity contribution in [3.63, 3.8) is 0 Å². The van der Waals surface area contributed by atoms with E-state index in [1.165, 1.54) is 0 Å². The van der Waals surface area contributed by atoms with E-state index in [4.69, 9.17) is 14.6 Å². The molecule has 0 aromatic heterocycles. The quantitative estimate of drug-likeness (QED) is 0.668. The van der Waals surface area contributed by atoms with E-state index < -0.39 is 11.9 Å². The second kappa shape index (κ2) is 8.05. The summed E-state index contributed by atoms with van der Waals surface area (Å²) in [7, 11) is 1.59. The molecule has 6 heteroatoms. The molecule has 6 nitrogen and oxygen atoms in total. The monoisotopic (exact) mass is 259 g/mol. The Hall–Kier alpha value is -1.14. The maximum atomic E-state index is 11.8. The van der Waals surface area contributed by atoms with Gasteiger partial charge >= 0.3 is 5.97 Å². The zero-order valence-corrected chi connectivity index (χ0v) is 10.8. The highest BCUT2D eigenvalue weighted by Gasteiger charge is 2.27. The number of likely N-dealkylation sites (tertiary alicyclic amines) is 1. The first-order valence-electron chi connectivity index (χ1n) is 6.22. The van der Waals surface area contributed by atoms with Crippen LogP contribution in [0.1, 0.15) is 19.3 Å². The molecule has 0 bridgehead atoms. The lowest BCUT2D eigenvalue weighted by molar-refractivity contribution is -0.145. The first kappa shape index (κ1) is 14.9. The number of hydrogen-bond donors (Lipinski definition) is 1. The van der Waals surface area contributed by atoms with Gasteiger partial charge in [-0.05, 0) is 12.8 Å². The Morgan fingerprint density at radius 3 is 2.78 bits per heavy atom. The number of carboxylic acids is 1. The molecule has 1 heterocycles. The first-order valence-corrected chi connectivity index (χ1v) is 6.22. The Labute approximate surface area is 107 Å². The standard InChI is InChI=1S/C12H21NO5/c1-17-7-8-18-6-4-11(14)13-5-2-3-10(9-13)12(15)16/h10H,2-9H2,1H3,(H,15,16)/t10-/m0/s1. The van der Waals surface area contributed by atoms with Crippen molar-refractivity contribution in [1.82, 2.24) is 4.90 Å². The molecule has 1 fully saturated rings. The average molecular weight is 259 g/mol. The molecular weight excluding hydrogens is 238 g/mol. The minimum absolute atomic E-state index is 0.0293. The summed E-state index contributed by atoms with van der Waals surface area (Å²) in [5.74, 6) is -1.26. The van der Waals surface area contributed by atoms with Crippen molar-refractivity contribution >= 4 is 11.9 Å². The van der Waals surface area contributed by atoms with Gasteiger partial charge in [-0.3, -0.25) is 9.59 Å². The highest BCUT2D eigenvalue weighted by Crippen LogP contribution is 2.17. The van der Waals surface area contributed by atoms with Gasteiger partial charge in [0.15, 0.2) is 0 Å². The highest BCUT2D eigenvalue weighted by molar-refractivity contribution is 5.78. The molecule has 0 unspecified atom stereocenters. The highest BCUT2D eigenvalue weighted by atomic mass is 16.5. The number of carbonyl (C=O) groups is 2. The fourth-order valence-corrected chi connectivity index (χ4v) is 1.97. The zero-order chi connectivity index (χ0) is 13.4. The second-order valence-electron chi connectivity index (χ2n) is 4.37. The van der Waals surface area contributed by atoms with Crippen molar-refractivity contribution in [2.24, 2.45) is 5.92 Å². The van der Waals surface area contributed by atoms with Crippen LogP contribution in [0.25, 0.3) is 0 Å². The largest absolute Gasteiger partial charge is 0.481 e. The van der Waals surface area contributed by atoms with Crippen LogP contribution in [0.4, 0.5) is 0 Å². The van der Waals surface area contributed by atoms with Crippen LogP contribution in [0.2, 0.25) is 0 Å². The van der Waals surface area contributed by atoms with Crippen LogP contribution < -0.4 is 0 Å². The third-order valence-corrected chi connectivity index (χ3v) is 3.02. The van der Waals surface area contributed by atoms with Crippen LogP contribution in [0.3, 0.4) is 0 Å². The van der Waals surface area contributed by atoms with E-state index in [9.17, 15) is 9.59 Å². The number of carbonyl (C=O) groups excluding carboxylic acids is 1. The molecule has 1 atom stereocenters. The third-order valence-electron chi connectivity index (χ3n) is 3.02. The van der Waals surface area contributed by atoms with Gasteiger partial charge in [-0.25, -0.2) is 0 Å². The molecule has 0 aliphatic carbocycles. The summed E-state index contributed by atoms with van der Waals surface area (Å²) in [5, 5.41) is 8.93. The minimum Gasteiger partial charge on any atom is -0.481 e. The Morgan fingerprint density at radius 1 is 1.33 bits per heavy atom. The van der Waals surface area contributed by atoms with Gasteiger partial charge in [-0.2, -0.15) is 0 Å². The third kappa shape index (κ3) is 5.01. The van der Waals surface area contributed by atoms with Gasteiger partial charge in [0.2, 0.25) is 5.91 Å². The summed E-state index contributed by atoms with van der Waals surface area (Å²) in [5.41, 5.74) is 0. The Bertz CT molecular complexity index is 282. The molecule has 1 aliphatic rings. The van der Waals surface area contributed by atoms with Crippen molar-refractivity contribution in [3.8, 4) is 0 Å². The fraction of sp³-hybridized carbons (Fsp3) is 0.833. The molecule has 1 amide bonds. The van der Waals surface area contributed by atoms with E-state index in [1.54, 1.807) is 12.0 Å². The van der Waals surface area contributed by atoms with Crippen molar-refractivity contribution in [1.29, 1.82) is 0 Å². The lowest BCUT2D eigenvalue weighted by Gasteiger charge is -2.30. The molecule has 104 valence electrons. The van der Waals surface area contributed by atoms with Gasteiger partial charge in [0.1, 0.15) is 0 Å². The minimum atomic E-state index is -0.816. The van der Waals surface area contributed by atoms with Gasteiger partial charge < -0.3 is 19.5 Å². The van der Waals surface area contributed by atoms with Crippen LogP contribution in [0, 0.1) is 5.92 Å². The summed E-state index contributed by atoms with van der Waals surface area (Å²) in [6.07, 6.45) is 1.72. The van der Waals surface area contributed by atoms with Gasteiger partial charge in [-0.1, -0.05) is 0 Å². The van der Waals surface area contributed by atoms with Crippen molar-refractivity contribution in [3.05, 3.63) is 0 Å². The molecule has 0 saturated carbocycles. The molecule has 0 aromatic rings. The summed E-state index contributed by atoms with van der Waals surface area (Å²) >= 11 is 0. The predicted octanol–water partition coefficient (Wildman–Crippen LogP) is 0.363. The molecular formula is C12H21NO5. The normalized spacial score (nSPS) is 19.8. The number of nitrogens with zero attached hydrogens (tertiary/aromatic N) is 1. The van der Waals surface area contributed by atoms with Gasteiger partial charge in [0.05, 0.1) is 32.2 Å². The Morgan fingerprint density at radius 2 is 2.11 bits per heavy atom. The van der Waals surface area contributed by atoms with E-state index in [0.29, 0.717) is 45.8 Å². The van der Waals surface area contributed by atoms with Crippen molar-refractivity contribution in [2.45, 2.75) is 19.3 Å². The summed E-state index contributed by atoms with van der Waals surface area (Å²) < 4.78 is 10.0. The van der Waals surface area contributed by atoms with E-state index in [0.717, 1.165) is 6.42 Å². The maximum absolute atomic E-state index is 11.8. The predicted molar refractivity (Wildman–Crippen MR) is 64.3 cm³/mol. The Balaban J connectivity index is 2.22. The van der Waals surface area contributed by atoms with Crippen molar-refractivity contribution < 1.29 is 24.2 Å². The van der Waals surface area contributed by atoms with E-state index in [-0.39, 0.29) is 5.91 Å². The van der Waals surface area contributed by atoms with Crippen LogP contribution >= 0.6 is 0 Å². The van der Waals surface area contributed by atoms with E-state index in [2.05, 4.69) is 0 Å². The average Bonchev–Trinajstić information content (AvgIpc) is 2.38. The topological polar surface area (TPSA) is 76.1 Å². The maximum Gasteiger partial charge on any atom is 0.308 e. The smallest absolute Gasteiger partial charge is 0.308 e. The van der Waals surface area contributed by atoms with Crippen LogP contribution in [-0.4, -0.2) is 61.9 Å². The summed E-state index contributed by atoms with van der Waals surface area (Å²) in [6, 6.07) is 0. The number of hydrogen-bond acceptors (Lipinski definition) is 4. The second-order valence-corrected chi connectivity index (χ2v) is 4.37. The van der Waals surface area contributed by atoms with E-state index in [1.807, 2.05) is 0 Å². The van der Waals surface area contributed by atoms with Crippen LogP contribution in [0.15, 0.2) is 0 Å². The van der Waals surface area contributed by atoms with E-state index >= 15 is 0 Å². The molecule has 18 heavy (non-hydrogen) atoms. The molecule has 1 saturated heterocycles. The molecule has 0 radical (unpaired) electrons. The lowest BCUT2D eigenvalue weighted by atomic mass is 9.98. The molecule has 1 N–H and O–H groups in total. The molecule has 1 rings (SSSR count). The molecule has 0 aromatic carbocycles. The number of ether oxygens (including phenoxy) is 2. The Kier molecular flexibility index (Phi) is 6.67. The van der Waals surface area contributed by atoms with Crippen LogP contribution in [0.5, 0.6) is 0 Å². The molecule has 0 spiro atoms. The van der Waals surface area contributed by atoms with Crippen LogP contribution in [-0.2, 0) is 19.1 Å². The number of piperidine rings is 1. The molecule has 1 aliphatic heterocycles. The summed E-state index contributed by atoms with van der Waals surface area (Å²) in [6.45, 7) is 2.32. The lowest BCUT2D eigenvalue weighted by Crippen LogP contribution is -2.42. The fourth-order valence-electron chi connectivity index (χ4n) is 1.97. The number of aliphatic carboxylic acids is 1. The van der Waals surface area contributed by atoms with Gasteiger partial charge in [0.25, 0.3) is 0 Å². The number of rotatable bonds is 7. The summed E-state index contributed by atoms with van der Waals surface area (Å²) in [4.78, 5) is 24.3. The number of carboxylic acid groups (broad SMARTS) is 1. The van der Waals surface area contributed by atoms with Gasteiger partial charge in [0, 0.05) is 20.2 Å². The number of amides is 1.